The van der Waals surface area contributed by atoms with Gasteiger partial charge in [-0.25, -0.2) is 0 Å². The third-order valence-corrected chi connectivity index (χ3v) is 4.24. The highest BCUT2D eigenvalue weighted by Gasteiger charge is 2.43. The minimum absolute atomic E-state index is 0.130. The third kappa shape index (κ3) is 1.43. The van der Waals surface area contributed by atoms with Crippen LogP contribution in [0.2, 0.25) is 0 Å². The number of carbonyl (C=O) groups is 1. The van der Waals surface area contributed by atoms with Gasteiger partial charge in [0.1, 0.15) is 5.78 Å². The van der Waals surface area contributed by atoms with Gasteiger partial charge >= 0.3 is 0 Å². The Morgan fingerprint density at radius 1 is 1.23 bits per heavy atom. The summed E-state index contributed by atoms with van der Waals surface area (Å²) in [5.41, 5.74) is 0.130. The highest BCUT2D eigenvalue weighted by Crippen LogP contribution is 2.46. The van der Waals surface area contributed by atoms with Crippen LogP contribution in [0, 0.1) is 11.3 Å². The molecule has 0 amide bonds. The van der Waals surface area contributed by atoms with Crippen LogP contribution in [-0.2, 0) is 4.79 Å². The molecule has 2 saturated carbocycles. The average Bonchev–Trinajstić information content (AvgIpc) is 2.49. The zero-order valence-electron chi connectivity index (χ0n) is 8.64. The Balaban J connectivity index is 2.05. The van der Waals surface area contributed by atoms with Crippen LogP contribution in [0.1, 0.15) is 58.3 Å². The van der Waals surface area contributed by atoms with Crippen molar-refractivity contribution in [3.63, 3.8) is 0 Å². The van der Waals surface area contributed by atoms with Crippen molar-refractivity contribution in [2.75, 3.05) is 0 Å². The SMILES string of the molecule is CCC1(C(=O)C2CCC2)CCCC1. The van der Waals surface area contributed by atoms with Crippen LogP contribution in [-0.4, -0.2) is 5.78 Å². The Labute approximate surface area is 80.9 Å². The van der Waals surface area contributed by atoms with Gasteiger partial charge in [-0.1, -0.05) is 26.2 Å². The molecule has 0 spiro atoms. The van der Waals surface area contributed by atoms with Gasteiger partial charge in [0.25, 0.3) is 0 Å². The van der Waals surface area contributed by atoms with Gasteiger partial charge in [-0.2, -0.15) is 0 Å². The molecule has 0 heterocycles. The molecule has 0 unspecified atom stereocenters. The molecule has 0 N–H and O–H groups in total. The van der Waals surface area contributed by atoms with E-state index in [-0.39, 0.29) is 5.41 Å². The molecule has 13 heavy (non-hydrogen) atoms. The number of rotatable bonds is 3. The maximum absolute atomic E-state index is 12.2. The fourth-order valence-corrected chi connectivity index (χ4v) is 2.93. The van der Waals surface area contributed by atoms with Crippen LogP contribution in [0.4, 0.5) is 0 Å². The summed E-state index contributed by atoms with van der Waals surface area (Å²) in [5, 5.41) is 0. The normalized spacial score (nSPS) is 27.2. The molecule has 0 aliphatic heterocycles. The number of hydrogen-bond acceptors (Lipinski definition) is 1. The zero-order valence-corrected chi connectivity index (χ0v) is 8.64. The van der Waals surface area contributed by atoms with Gasteiger partial charge in [-0.05, 0) is 32.1 Å². The van der Waals surface area contributed by atoms with Crippen molar-refractivity contribution in [3.05, 3.63) is 0 Å². The van der Waals surface area contributed by atoms with E-state index in [0.29, 0.717) is 11.7 Å². The van der Waals surface area contributed by atoms with Gasteiger partial charge in [0.2, 0.25) is 0 Å². The van der Waals surface area contributed by atoms with Crippen molar-refractivity contribution in [1.82, 2.24) is 0 Å². The Morgan fingerprint density at radius 2 is 1.85 bits per heavy atom. The Hall–Kier alpha value is -0.330. The van der Waals surface area contributed by atoms with Crippen LogP contribution < -0.4 is 0 Å². The monoisotopic (exact) mass is 180 g/mol. The van der Waals surface area contributed by atoms with E-state index in [4.69, 9.17) is 0 Å². The number of hydrogen-bond donors (Lipinski definition) is 0. The van der Waals surface area contributed by atoms with Crippen molar-refractivity contribution in [2.24, 2.45) is 11.3 Å². The second-order valence-electron chi connectivity index (χ2n) is 4.83. The van der Waals surface area contributed by atoms with Crippen LogP contribution in [0.3, 0.4) is 0 Å². The molecule has 0 radical (unpaired) electrons. The van der Waals surface area contributed by atoms with Gasteiger partial charge in [0.15, 0.2) is 0 Å². The molecule has 1 heteroatoms. The van der Waals surface area contributed by atoms with Crippen molar-refractivity contribution < 1.29 is 4.79 Å². The minimum atomic E-state index is 0.130. The van der Waals surface area contributed by atoms with E-state index in [1.165, 1.54) is 44.9 Å². The molecule has 0 aromatic carbocycles. The van der Waals surface area contributed by atoms with E-state index < -0.39 is 0 Å². The molecule has 1 nitrogen and oxygen atoms in total. The first-order valence-corrected chi connectivity index (χ1v) is 5.83. The van der Waals surface area contributed by atoms with E-state index in [0.717, 1.165) is 6.42 Å². The predicted octanol–water partition coefficient (Wildman–Crippen LogP) is 3.33. The summed E-state index contributed by atoms with van der Waals surface area (Å²) in [6.07, 6.45) is 9.66. The summed E-state index contributed by atoms with van der Waals surface area (Å²) < 4.78 is 0. The molecule has 0 saturated heterocycles. The average molecular weight is 180 g/mol. The Bertz CT molecular complexity index is 197. The fourth-order valence-electron chi connectivity index (χ4n) is 2.93. The quantitative estimate of drug-likeness (QED) is 0.651. The third-order valence-electron chi connectivity index (χ3n) is 4.24. The van der Waals surface area contributed by atoms with Crippen LogP contribution in [0.5, 0.6) is 0 Å². The highest BCUT2D eigenvalue weighted by atomic mass is 16.1. The Morgan fingerprint density at radius 3 is 2.23 bits per heavy atom. The lowest BCUT2D eigenvalue weighted by Crippen LogP contribution is -2.36. The lowest BCUT2D eigenvalue weighted by atomic mass is 9.68. The summed E-state index contributed by atoms with van der Waals surface area (Å²) in [4.78, 5) is 12.2. The molecule has 2 aliphatic rings. The van der Waals surface area contributed by atoms with Crippen molar-refractivity contribution >= 4 is 5.78 Å². The van der Waals surface area contributed by atoms with E-state index >= 15 is 0 Å². The first-order chi connectivity index (χ1) is 6.28. The molecular formula is C12H20O. The maximum atomic E-state index is 12.2. The largest absolute Gasteiger partial charge is 0.299 e. The van der Waals surface area contributed by atoms with E-state index in [2.05, 4.69) is 6.92 Å². The lowest BCUT2D eigenvalue weighted by Gasteiger charge is -2.34. The molecule has 0 bridgehead atoms. The summed E-state index contributed by atoms with van der Waals surface area (Å²) in [6, 6.07) is 0. The van der Waals surface area contributed by atoms with Gasteiger partial charge in [-0.15, -0.1) is 0 Å². The van der Waals surface area contributed by atoms with Gasteiger partial charge < -0.3 is 0 Å². The molecular weight excluding hydrogens is 160 g/mol. The van der Waals surface area contributed by atoms with Gasteiger partial charge in [0.05, 0.1) is 0 Å². The minimum Gasteiger partial charge on any atom is -0.299 e. The smallest absolute Gasteiger partial charge is 0.142 e. The predicted molar refractivity (Wildman–Crippen MR) is 53.5 cm³/mol. The van der Waals surface area contributed by atoms with Crippen molar-refractivity contribution in [2.45, 2.75) is 58.3 Å². The lowest BCUT2D eigenvalue weighted by molar-refractivity contribution is -0.135. The molecule has 2 aliphatic carbocycles. The standard InChI is InChI=1S/C12H20O/c1-2-12(8-3-4-9-12)11(13)10-6-5-7-10/h10H,2-9H2,1H3. The summed E-state index contributed by atoms with van der Waals surface area (Å²) in [7, 11) is 0. The second-order valence-corrected chi connectivity index (χ2v) is 4.83. The molecule has 2 rings (SSSR count). The first kappa shape index (κ1) is 9.23. The molecule has 0 aromatic heterocycles. The van der Waals surface area contributed by atoms with Crippen LogP contribution in [0.15, 0.2) is 0 Å². The topological polar surface area (TPSA) is 17.1 Å². The van der Waals surface area contributed by atoms with Crippen LogP contribution >= 0.6 is 0 Å². The Kier molecular flexibility index (Phi) is 2.44. The molecule has 0 aromatic rings. The molecule has 2 fully saturated rings. The van der Waals surface area contributed by atoms with Gasteiger partial charge in [0, 0.05) is 11.3 Å². The van der Waals surface area contributed by atoms with Crippen molar-refractivity contribution in [1.29, 1.82) is 0 Å². The van der Waals surface area contributed by atoms with Gasteiger partial charge in [-0.3, -0.25) is 4.79 Å². The molecule has 0 atom stereocenters. The van der Waals surface area contributed by atoms with E-state index in [9.17, 15) is 4.79 Å². The first-order valence-electron chi connectivity index (χ1n) is 5.83. The van der Waals surface area contributed by atoms with Crippen molar-refractivity contribution in [3.8, 4) is 0 Å². The van der Waals surface area contributed by atoms with Crippen LogP contribution in [0.25, 0.3) is 0 Å². The number of Topliss-reactive ketones (excluding diaryl/α,β-unsaturated/α-hetero) is 1. The summed E-state index contributed by atoms with van der Waals surface area (Å²) in [5.74, 6) is 1.08. The summed E-state index contributed by atoms with van der Waals surface area (Å²) >= 11 is 0. The summed E-state index contributed by atoms with van der Waals surface area (Å²) in [6.45, 7) is 2.20. The second kappa shape index (κ2) is 3.43. The molecule has 74 valence electrons. The van der Waals surface area contributed by atoms with E-state index in [1.54, 1.807) is 0 Å². The van der Waals surface area contributed by atoms with E-state index in [1.807, 2.05) is 0 Å². The maximum Gasteiger partial charge on any atom is 0.142 e. The zero-order chi connectivity index (χ0) is 9.31. The number of ketones is 1. The number of carbonyl (C=O) groups excluding carboxylic acids is 1. The highest BCUT2D eigenvalue weighted by molar-refractivity contribution is 5.87. The fraction of sp³-hybridized carbons (Fsp3) is 0.917.